The van der Waals surface area contributed by atoms with E-state index in [1.165, 1.54) is 6.26 Å². The fraction of sp³-hybridized carbons (Fsp3) is 0.545. The molecule has 0 saturated carbocycles. The summed E-state index contributed by atoms with van der Waals surface area (Å²) in [6, 6.07) is 1.77. The van der Waals surface area contributed by atoms with E-state index in [1.807, 2.05) is 6.92 Å². The van der Waals surface area contributed by atoms with Crippen molar-refractivity contribution in [3.63, 3.8) is 0 Å². The van der Waals surface area contributed by atoms with Gasteiger partial charge in [0.2, 0.25) is 0 Å². The third-order valence-electron chi connectivity index (χ3n) is 2.31. The molecule has 1 heterocycles. The van der Waals surface area contributed by atoms with Crippen molar-refractivity contribution < 1.29 is 13.9 Å². The molecular formula is C11H18N2O3. The number of carbonyl (C=O) groups excluding carboxylic acids is 1. The van der Waals surface area contributed by atoms with Gasteiger partial charge >= 0.3 is 0 Å². The molecule has 5 nitrogen and oxygen atoms in total. The van der Waals surface area contributed by atoms with Crippen LogP contribution >= 0.6 is 0 Å². The first-order chi connectivity index (χ1) is 7.70. The van der Waals surface area contributed by atoms with Crippen molar-refractivity contribution >= 4 is 5.91 Å². The number of hydrogen-bond acceptors (Lipinski definition) is 4. The molecule has 1 aromatic heterocycles. The van der Waals surface area contributed by atoms with Crippen molar-refractivity contribution in [3.05, 3.63) is 23.7 Å². The number of nitrogens with two attached hydrogens (primary N) is 1. The Morgan fingerprint density at radius 1 is 1.56 bits per heavy atom. The highest BCUT2D eigenvalue weighted by Crippen LogP contribution is 2.11. The third kappa shape index (κ3) is 3.08. The number of carbonyl (C=O) groups is 1. The van der Waals surface area contributed by atoms with Crippen LogP contribution in [0.3, 0.4) is 0 Å². The molecular weight excluding hydrogens is 208 g/mol. The van der Waals surface area contributed by atoms with Gasteiger partial charge in [0.25, 0.3) is 5.91 Å². The van der Waals surface area contributed by atoms with Crippen LogP contribution in [0, 0.1) is 6.92 Å². The van der Waals surface area contributed by atoms with E-state index >= 15 is 0 Å². The largest absolute Gasteiger partial charge is 0.459 e. The van der Waals surface area contributed by atoms with Crippen LogP contribution in [0.25, 0.3) is 0 Å². The molecule has 1 rings (SSSR count). The SMILES string of the molecule is COCCN(CCN)C(=O)c1occc1C. The number of hydrogen-bond donors (Lipinski definition) is 1. The number of amides is 1. The summed E-state index contributed by atoms with van der Waals surface area (Å²) in [6.07, 6.45) is 1.51. The first-order valence-electron chi connectivity index (χ1n) is 5.23. The van der Waals surface area contributed by atoms with Gasteiger partial charge in [-0.05, 0) is 13.0 Å². The molecule has 1 amide bonds. The lowest BCUT2D eigenvalue weighted by molar-refractivity contribution is 0.0669. The topological polar surface area (TPSA) is 68.7 Å². The Kier molecular flexibility index (Phi) is 5.01. The number of nitrogens with zero attached hydrogens (tertiary/aromatic N) is 1. The van der Waals surface area contributed by atoms with Gasteiger partial charge < -0.3 is 19.8 Å². The molecule has 1 aromatic rings. The Morgan fingerprint density at radius 2 is 2.31 bits per heavy atom. The molecule has 0 saturated heterocycles. The Hall–Kier alpha value is -1.33. The second kappa shape index (κ2) is 6.30. The summed E-state index contributed by atoms with van der Waals surface area (Å²) < 4.78 is 10.1. The van der Waals surface area contributed by atoms with E-state index in [0.29, 0.717) is 32.0 Å². The summed E-state index contributed by atoms with van der Waals surface area (Å²) in [5.41, 5.74) is 6.30. The second-order valence-corrected chi connectivity index (χ2v) is 3.51. The second-order valence-electron chi connectivity index (χ2n) is 3.51. The minimum absolute atomic E-state index is 0.134. The van der Waals surface area contributed by atoms with Crippen molar-refractivity contribution in [2.24, 2.45) is 5.73 Å². The molecule has 0 aliphatic carbocycles. The quantitative estimate of drug-likeness (QED) is 0.772. The average Bonchev–Trinajstić information content (AvgIpc) is 2.69. The molecule has 0 radical (unpaired) electrons. The maximum absolute atomic E-state index is 12.0. The van der Waals surface area contributed by atoms with Gasteiger partial charge in [0.05, 0.1) is 12.9 Å². The van der Waals surface area contributed by atoms with E-state index in [-0.39, 0.29) is 5.91 Å². The zero-order chi connectivity index (χ0) is 12.0. The maximum Gasteiger partial charge on any atom is 0.289 e. The predicted octanol–water partition coefficient (Wildman–Crippen LogP) is 0.635. The highest BCUT2D eigenvalue weighted by Gasteiger charge is 2.19. The standard InChI is InChI=1S/C11H18N2O3/c1-9-3-7-16-10(9)11(14)13(5-4-12)6-8-15-2/h3,7H,4-6,8,12H2,1-2H3. The zero-order valence-electron chi connectivity index (χ0n) is 9.73. The van der Waals surface area contributed by atoms with E-state index in [1.54, 1.807) is 18.1 Å². The van der Waals surface area contributed by atoms with Crippen LogP contribution in [0.2, 0.25) is 0 Å². The summed E-state index contributed by atoms with van der Waals surface area (Å²) in [5.74, 6) is 0.245. The minimum Gasteiger partial charge on any atom is -0.459 e. The van der Waals surface area contributed by atoms with Crippen LogP contribution in [-0.4, -0.2) is 44.2 Å². The molecule has 0 bridgehead atoms. The smallest absolute Gasteiger partial charge is 0.289 e. The van der Waals surface area contributed by atoms with Gasteiger partial charge in [0.1, 0.15) is 0 Å². The minimum atomic E-state index is -0.134. The molecule has 5 heteroatoms. The molecule has 0 aliphatic rings. The lowest BCUT2D eigenvalue weighted by Crippen LogP contribution is -2.37. The van der Waals surface area contributed by atoms with Crippen molar-refractivity contribution in [2.75, 3.05) is 33.4 Å². The third-order valence-corrected chi connectivity index (χ3v) is 2.31. The molecule has 0 spiro atoms. The molecule has 16 heavy (non-hydrogen) atoms. The normalized spacial score (nSPS) is 10.4. The van der Waals surface area contributed by atoms with Gasteiger partial charge in [0, 0.05) is 32.3 Å². The van der Waals surface area contributed by atoms with E-state index in [9.17, 15) is 4.79 Å². The van der Waals surface area contributed by atoms with Crippen molar-refractivity contribution in [3.8, 4) is 0 Å². The number of aryl methyl sites for hydroxylation is 1. The lowest BCUT2D eigenvalue weighted by atomic mass is 10.2. The summed E-state index contributed by atoms with van der Waals surface area (Å²) >= 11 is 0. The fourth-order valence-corrected chi connectivity index (χ4v) is 1.41. The van der Waals surface area contributed by atoms with Gasteiger partial charge in [0.15, 0.2) is 5.76 Å². The summed E-state index contributed by atoms with van der Waals surface area (Å²) in [4.78, 5) is 13.7. The highest BCUT2D eigenvalue weighted by molar-refractivity contribution is 5.92. The summed E-state index contributed by atoms with van der Waals surface area (Å²) in [6.45, 7) is 3.78. The van der Waals surface area contributed by atoms with Gasteiger partial charge in [-0.2, -0.15) is 0 Å². The summed E-state index contributed by atoms with van der Waals surface area (Å²) in [7, 11) is 1.60. The van der Waals surface area contributed by atoms with E-state index < -0.39 is 0 Å². The molecule has 2 N–H and O–H groups in total. The van der Waals surface area contributed by atoms with Crippen molar-refractivity contribution in [1.29, 1.82) is 0 Å². The maximum atomic E-state index is 12.0. The molecule has 0 aliphatic heterocycles. The Labute approximate surface area is 95.2 Å². The first-order valence-corrected chi connectivity index (χ1v) is 5.23. The number of ether oxygens (including phenoxy) is 1. The van der Waals surface area contributed by atoms with Crippen LogP contribution < -0.4 is 5.73 Å². The lowest BCUT2D eigenvalue weighted by Gasteiger charge is -2.20. The predicted molar refractivity (Wildman–Crippen MR) is 60.3 cm³/mol. The number of rotatable bonds is 6. The molecule has 0 atom stereocenters. The van der Waals surface area contributed by atoms with E-state index in [4.69, 9.17) is 14.9 Å². The number of furan rings is 1. The Balaban J connectivity index is 2.70. The van der Waals surface area contributed by atoms with Gasteiger partial charge in [-0.1, -0.05) is 0 Å². The highest BCUT2D eigenvalue weighted by atomic mass is 16.5. The van der Waals surface area contributed by atoms with E-state index in [0.717, 1.165) is 5.56 Å². The molecule has 0 fully saturated rings. The van der Waals surface area contributed by atoms with Crippen molar-refractivity contribution in [2.45, 2.75) is 6.92 Å². The van der Waals surface area contributed by atoms with Gasteiger partial charge in [-0.15, -0.1) is 0 Å². The average molecular weight is 226 g/mol. The monoisotopic (exact) mass is 226 g/mol. The van der Waals surface area contributed by atoms with Crippen molar-refractivity contribution in [1.82, 2.24) is 4.90 Å². The van der Waals surface area contributed by atoms with Crippen LogP contribution in [0.5, 0.6) is 0 Å². The van der Waals surface area contributed by atoms with Gasteiger partial charge in [-0.3, -0.25) is 4.79 Å². The van der Waals surface area contributed by atoms with Crippen LogP contribution in [-0.2, 0) is 4.74 Å². The Bertz CT molecular complexity index is 336. The molecule has 90 valence electrons. The zero-order valence-corrected chi connectivity index (χ0v) is 9.73. The number of methoxy groups -OCH3 is 1. The van der Waals surface area contributed by atoms with Crippen LogP contribution in [0.4, 0.5) is 0 Å². The summed E-state index contributed by atoms with van der Waals surface area (Å²) in [5, 5.41) is 0. The fourth-order valence-electron chi connectivity index (χ4n) is 1.41. The van der Waals surface area contributed by atoms with Gasteiger partial charge in [-0.25, -0.2) is 0 Å². The molecule has 0 unspecified atom stereocenters. The van der Waals surface area contributed by atoms with Crippen LogP contribution in [0.15, 0.2) is 16.7 Å². The van der Waals surface area contributed by atoms with Crippen LogP contribution in [0.1, 0.15) is 16.1 Å². The first kappa shape index (κ1) is 12.7. The Morgan fingerprint density at radius 3 is 2.81 bits per heavy atom. The molecule has 0 aromatic carbocycles. The van der Waals surface area contributed by atoms with E-state index in [2.05, 4.69) is 0 Å².